The van der Waals surface area contributed by atoms with E-state index in [9.17, 15) is 10.2 Å². The van der Waals surface area contributed by atoms with Crippen LogP contribution >= 0.6 is 11.6 Å². The molecule has 7 heteroatoms. The molecule has 0 bridgehead atoms. The molecule has 1 aliphatic heterocycles. The molecular formula is C34H62ClN3O3. The molecule has 238 valence electrons. The van der Waals surface area contributed by atoms with Crippen molar-refractivity contribution in [3.63, 3.8) is 0 Å². The molecule has 0 spiro atoms. The van der Waals surface area contributed by atoms with E-state index in [1.807, 2.05) is 6.92 Å². The first kappa shape index (κ1) is 36.2. The predicted octanol–water partition coefficient (Wildman–Crippen LogP) is 9.20. The van der Waals surface area contributed by atoms with Crippen LogP contribution in [-0.2, 0) is 11.2 Å². The third kappa shape index (κ3) is 15.9. The number of aliphatic hydroxyl groups is 2. The number of aliphatic hydroxyl groups excluding tert-OH is 2. The van der Waals surface area contributed by atoms with Gasteiger partial charge in [0, 0.05) is 6.54 Å². The van der Waals surface area contributed by atoms with E-state index < -0.39 is 0 Å². The Morgan fingerprint density at radius 2 is 1.20 bits per heavy atom. The lowest BCUT2D eigenvalue weighted by atomic mass is 10.00. The second-order valence-corrected chi connectivity index (χ2v) is 12.7. The van der Waals surface area contributed by atoms with Crippen LogP contribution in [0.5, 0.6) is 0 Å². The molecule has 2 heterocycles. The predicted molar refractivity (Wildman–Crippen MR) is 173 cm³/mol. The van der Waals surface area contributed by atoms with Gasteiger partial charge in [-0.05, 0) is 38.5 Å². The fourth-order valence-corrected chi connectivity index (χ4v) is 6.29. The Kier molecular flexibility index (Phi) is 20.8. The molecule has 4 atom stereocenters. The first-order valence-electron chi connectivity index (χ1n) is 17.3. The number of ether oxygens (including phenoxy) is 1. The van der Waals surface area contributed by atoms with Crippen LogP contribution in [0.1, 0.15) is 161 Å². The number of aromatic nitrogens is 2. The molecule has 0 saturated carbocycles. The van der Waals surface area contributed by atoms with Crippen molar-refractivity contribution < 1.29 is 14.9 Å². The lowest BCUT2D eigenvalue weighted by Crippen LogP contribution is -2.31. The van der Waals surface area contributed by atoms with Gasteiger partial charge in [-0.1, -0.05) is 135 Å². The number of hydrogen-bond donors (Lipinski definition) is 3. The van der Waals surface area contributed by atoms with Crippen LogP contribution in [0.25, 0.3) is 0 Å². The van der Waals surface area contributed by atoms with Gasteiger partial charge >= 0.3 is 0 Å². The van der Waals surface area contributed by atoms with Crippen molar-refractivity contribution in [1.82, 2.24) is 9.97 Å². The Hall–Kier alpha value is -0.950. The first-order valence-corrected chi connectivity index (χ1v) is 17.7. The van der Waals surface area contributed by atoms with E-state index in [0.29, 0.717) is 5.02 Å². The van der Waals surface area contributed by atoms with E-state index in [1.165, 1.54) is 96.3 Å². The van der Waals surface area contributed by atoms with E-state index in [-0.39, 0.29) is 24.4 Å². The average molecular weight is 596 g/mol. The van der Waals surface area contributed by atoms with Crippen LogP contribution in [0.4, 0.5) is 5.82 Å². The zero-order valence-corrected chi connectivity index (χ0v) is 27.2. The molecule has 1 saturated heterocycles. The smallest absolute Gasteiger partial charge is 0.148 e. The van der Waals surface area contributed by atoms with Crippen molar-refractivity contribution in [2.24, 2.45) is 0 Å². The Bertz CT molecular complexity index is 769. The van der Waals surface area contributed by atoms with Gasteiger partial charge in [0.15, 0.2) is 0 Å². The van der Waals surface area contributed by atoms with Crippen LogP contribution < -0.4 is 5.32 Å². The number of aryl methyl sites for hydroxylation is 1. The monoisotopic (exact) mass is 595 g/mol. The molecule has 1 aromatic rings. The van der Waals surface area contributed by atoms with E-state index in [2.05, 4.69) is 22.2 Å². The highest BCUT2D eigenvalue weighted by Gasteiger charge is 2.33. The van der Waals surface area contributed by atoms with Gasteiger partial charge in [-0.3, -0.25) is 0 Å². The van der Waals surface area contributed by atoms with E-state index in [4.69, 9.17) is 16.3 Å². The Balaban J connectivity index is 1.37. The second-order valence-electron chi connectivity index (χ2n) is 12.3. The number of anilines is 1. The molecule has 0 amide bonds. The summed E-state index contributed by atoms with van der Waals surface area (Å²) in [6.07, 6.45) is 27.5. The number of nitrogens with one attached hydrogen (secondary N) is 1. The largest absolute Gasteiger partial charge is 0.390 e. The van der Waals surface area contributed by atoms with Crippen molar-refractivity contribution >= 4 is 17.4 Å². The molecular weight excluding hydrogens is 534 g/mol. The maximum atomic E-state index is 10.6. The zero-order valence-electron chi connectivity index (χ0n) is 26.4. The van der Waals surface area contributed by atoms with Crippen molar-refractivity contribution in [3.05, 3.63) is 17.0 Å². The van der Waals surface area contributed by atoms with Crippen molar-refractivity contribution in [2.45, 2.75) is 186 Å². The van der Waals surface area contributed by atoms with Crippen LogP contribution in [0, 0.1) is 0 Å². The van der Waals surface area contributed by atoms with Gasteiger partial charge in [0.1, 0.15) is 17.2 Å². The summed E-state index contributed by atoms with van der Waals surface area (Å²) in [5.74, 6) is 0.755. The van der Waals surface area contributed by atoms with Crippen molar-refractivity contribution in [1.29, 1.82) is 0 Å². The van der Waals surface area contributed by atoms with Gasteiger partial charge in [-0.25, -0.2) is 9.97 Å². The molecule has 0 aromatic carbocycles. The average Bonchev–Trinajstić information content (AvgIpc) is 3.48. The van der Waals surface area contributed by atoms with Crippen LogP contribution in [0.2, 0.25) is 5.02 Å². The number of hydrogen-bond acceptors (Lipinski definition) is 6. The Labute approximate surface area is 256 Å². The topological polar surface area (TPSA) is 87.5 Å². The zero-order chi connectivity index (χ0) is 29.5. The quantitative estimate of drug-likeness (QED) is 0.0925. The van der Waals surface area contributed by atoms with Crippen LogP contribution in [-0.4, -0.2) is 51.1 Å². The summed E-state index contributed by atoms with van der Waals surface area (Å²) < 4.78 is 6.09. The summed E-state index contributed by atoms with van der Waals surface area (Å²) in [4.78, 5) is 8.46. The highest BCUT2D eigenvalue weighted by molar-refractivity contribution is 6.33. The summed E-state index contributed by atoms with van der Waals surface area (Å²) in [7, 11) is 0. The molecule has 3 N–H and O–H groups in total. The molecule has 1 aromatic heterocycles. The van der Waals surface area contributed by atoms with Gasteiger partial charge in [-0.2, -0.15) is 0 Å². The fraction of sp³-hybridized carbons (Fsp3) is 0.882. The van der Waals surface area contributed by atoms with E-state index in [1.54, 1.807) is 6.33 Å². The molecule has 1 fully saturated rings. The van der Waals surface area contributed by atoms with Crippen molar-refractivity contribution in [2.75, 3.05) is 11.9 Å². The molecule has 1 unspecified atom stereocenters. The normalized spacial score (nSPS) is 18.6. The minimum atomic E-state index is -0.390. The molecule has 41 heavy (non-hydrogen) atoms. The third-order valence-corrected chi connectivity index (χ3v) is 9.11. The second kappa shape index (κ2) is 23.5. The number of rotatable bonds is 26. The highest BCUT2D eigenvalue weighted by Crippen LogP contribution is 2.28. The van der Waals surface area contributed by atoms with Crippen LogP contribution in [0.3, 0.4) is 0 Å². The van der Waals surface area contributed by atoms with Crippen molar-refractivity contribution in [3.8, 4) is 0 Å². The highest BCUT2D eigenvalue weighted by atomic mass is 35.5. The number of halogens is 1. The standard InChI is InChI=1S/C34H62ClN3O3/c1-3-5-6-7-8-10-13-16-19-22-29(39)31-24-25-32(41-31)30(40)23-20-17-14-11-9-12-15-18-21-26-36-34-33(35)28(4-2)37-27-38-34/h27,29-32,39-40H,3-26H2,1-2H3,(H,36,37,38)/t29-,30-,31-,32?/m1/s1. The summed E-state index contributed by atoms with van der Waals surface area (Å²) in [6.45, 7) is 5.21. The maximum Gasteiger partial charge on any atom is 0.148 e. The SMILES string of the molecule is CCCCCCCCCCC[C@@H](O)[C@H]1CCC([C@H](O)CCCCCCCCCCCNc2ncnc(CC)c2Cl)O1. The minimum absolute atomic E-state index is 0.0847. The van der Waals surface area contributed by atoms with Crippen LogP contribution in [0.15, 0.2) is 6.33 Å². The summed E-state index contributed by atoms with van der Waals surface area (Å²) in [5.41, 5.74) is 0.897. The van der Waals surface area contributed by atoms with Gasteiger partial charge in [-0.15, -0.1) is 0 Å². The Morgan fingerprint density at radius 1 is 0.732 bits per heavy atom. The summed E-state index contributed by atoms with van der Waals surface area (Å²) in [5, 5.41) is 25.2. The summed E-state index contributed by atoms with van der Waals surface area (Å²) in [6, 6.07) is 0. The van der Waals surface area contributed by atoms with Gasteiger partial charge in [0.2, 0.25) is 0 Å². The first-order chi connectivity index (χ1) is 20.1. The summed E-state index contributed by atoms with van der Waals surface area (Å²) >= 11 is 6.33. The number of unbranched alkanes of at least 4 members (excludes halogenated alkanes) is 16. The lowest BCUT2D eigenvalue weighted by molar-refractivity contribution is -0.0786. The number of nitrogens with zero attached hydrogens (tertiary/aromatic N) is 2. The maximum absolute atomic E-state index is 10.6. The molecule has 2 rings (SSSR count). The molecule has 1 aliphatic rings. The Morgan fingerprint density at radius 3 is 1.68 bits per heavy atom. The minimum Gasteiger partial charge on any atom is -0.390 e. The van der Waals surface area contributed by atoms with E-state index >= 15 is 0 Å². The molecule has 0 aliphatic carbocycles. The van der Waals surface area contributed by atoms with Gasteiger partial charge in [0.05, 0.1) is 30.1 Å². The fourth-order valence-electron chi connectivity index (χ4n) is 5.99. The molecule has 6 nitrogen and oxygen atoms in total. The van der Waals surface area contributed by atoms with Gasteiger partial charge < -0.3 is 20.3 Å². The molecule has 0 radical (unpaired) electrons. The third-order valence-electron chi connectivity index (χ3n) is 8.71. The van der Waals surface area contributed by atoms with E-state index in [0.717, 1.165) is 69.4 Å². The lowest BCUT2D eigenvalue weighted by Gasteiger charge is -2.22. The van der Waals surface area contributed by atoms with Gasteiger partial charge in [0.25, 0.3) is 0 Å².